The molecule has 0 radical (unpaired) electrons. The van der Waals surface area contributed by atoms with Crippen LogP contribution in [0.5, 0.6) is 0 Å². The van der Waals surface area contributed by atoms with E-state index in [-0.39, 0.29) is 5.82 Å². The van der Waals surface area contributed by atoms with Gasteiger partial charge in [-0.15, -0.1) is 0 Å². The van der Waals surface area contributed by atoms with Crippen LogP contribution < -0.4 is 0 Å². The van der Waals surface area contributed by atoms with E-state index >= 15 is 0 Å². The number of hydrogen-bond acceptors (Lipinski definition) is 1. The Kier molecular flexibility index (Phi) is 2.50. The highest BCUT2D eigenvalue weighted by Crippen LogP contribution is 2.25. The molecule has 0 N–H and O–H groups in total. The molecule has 0 saturated carbocycles. The number of hydrogen-bond donors (Lipinski definition) is 0. The van der Waals surface area contributed by atoms with Gasteiger partial charge in [0.2, 0.25) is 0 Å². The zero-order chi connectivity index (χ0) is 11.8. The monoisotopic (exact) mass is 216 g/mol. The molecule has 0 saturated heterocycles. The molecule has 2 heteroatoms. The van der Waals surface area contributed by atoms with Crippen molar-refractivity contribution in [1.82, 2.24) is 0 Å². The highest BCUT2D eigenvalue weighted by atomic mass is 19.1. The minimum absolute atomic E-state index is 0.256. The standard InChI is InChI=1S/C14H13FO/c1-14(2,9-16)12-5-3-10-4-6-13(15)8-11(10)7-12/h3-9H,1-2H3. The van der Waals surface area contributed by atoms with Crippen molar-refractivity contribution < 1.29 is 9.18 Å². The maximum absolute atomic E-state index is 13.1. The second kappa shape index (κ2) is 3.71. The Balaban J connectivity index is 2.63. The Morgan fingerprint density at radius 2 is 1.75 bits per heavy atom. The minimum Gasteiger partial charge on any atom is -0.302 e. The first-order chi connectivity index (χ1) is 7.53. The van der Waals surface area contributed by atoms with Gasteiger partial charge in [-0.2, -0.15) is 0 Å². The summed E-state index contributed by atoms with van der Waals surface area (Å²) in [5, 5.41) is 1.80. The van der Waals surface area contributed by atoms with E-state index in [9.17, 15) is 9.18 Å². The Morgan fingerprint density at radius 3 is 2.44 bits per heavy atom. The van der Waals surface area contributed by atoms with E-state index in [2.05, 4.69) is 0 Å². The molecule has 0 aliphatic heterocycles. The average molecular weight is 216 g/mol. The molecular formula is C14H13FO. The number of fused-ring (bicyclic) bond motifs is 1. The third-order valence-electron chi connectivity index (χ3n) is 2.84. The zero-order valence-corrected chi connectivity index (χ0v) is 9.33. The van der Waals surface area contributed by atoms with E-state index in [0.29, 0.717) is 0 Å². The molecule has 0 spiro atoms. The van der Waals surface area contributed by atoms with Crippen molar-refractivity contribution in [3.05, 3.63) is 47.8 Å². The van der Waals surface area contributed by atoms with Crippen LogP contribution in [-0.2, 0) is 10.2 Å². The molecule has 16 heavy (non-hydrogen) atoms. The van der Waals surface area contributed by atoms with Crippen molar-refractivity contribution in [2.45, 2.75) is 19.3 Å². The zero-order valence-electron chi connectivity index (χ0n) is 9.33. The van der Waals surface area contributed by atoms with Crippen molar-refractivity contribution >= 4 is 17.1 Å². The number of carbonyl (C=O) groups is 1. The summed E-state index contributed by atoms with van der Waals surface area (Å²) in [6.07, 6.45) is 0.910. The maximum Gasteiger partial charge on any atom is 0.129 e. The fourth-order valence-electron chi connectivity index (χ4n) is 1.69. The number of benzene rings is 2. The van der Waals surface area contributed by atoms with E-state index in [0.717, 1.165) is 22.6 Å². The lowest BCUT2D eigenvalue weighted by molar-refractivity contribution is -0.111. The molecule has 2 aromatic rings. The molecule has 0 amide bonds. The first-order valence-electron chi connectivity index (χ1n) is 5.19. The Bertz CT molecular complexity index is 543. The van der Waals surface area contributed by atoms with Gasteiger partial charge in [-0.25, -0.2) is 4.39 Å². The van der Waals surface area contributed by atoms with Crippen LogP contribution >= 0.6 is 0 Å². The van der Waals surface area contributed by atoms with Crippen LogP contribution in [0, 0.1) is 5.82 Å². The number of halogens is 1. The van der Waals surface area contributed by atoms with Crippen molar-refractivity contribution in [2.75, 3.05) is 0 Å². The third kappa shape index (κ3) is 1.83. The summed E-state index contributed by atoms with van der Waals surface area (Å²) in [7, 11) is 0. The van der Waals surface area contributed by atoms with Crippen LogP contribution in [0.15, 0.2) is 36.4 Å². The van der Waals surface area contributed by atoms with Gasteiger partial charge >= 0.3 is 0 Å². The minimum atomic E-state index is -0.527. The molecule has 0 fully saturated rings. The summed E-state index contributed by atoms with van der Waals surface area (Å²) in [5.74, 6) is -0.256. The van der Waals surface area contributed by atoms with E-state index in [1.165, 1.54) is 12.1 Å². The smallest absolute Gasteiger partial charge is 0.129 e. The van der Waals surface area contributed by atoms with Crippen LogP contribution in [0.1, 0.15) is 19.4 Å². The fraction of sp³-hybridized carbons (Fsp3) is 0.214. The summed E-state index contributed by atoms with van der Waals surface area (Å²) >= 11 is 0. The molecule has 0 aromatic heterocycles. The van der Waals surface area contributed by atoms with Crippen molar-refractivity contribution in [3.63, 3.8) is 0 Å². The van der Waals surface area contributed by atoms with Gasteiger partial charge in [0.05, 0.1) is 0 Å². The highest BCUT2D eigenvalue weighted by molar-refractivity contribution is 5.84. The van der Waals surface area contributed by atoms with Crippen LogP contribution in [0.3, 0.4) is 0 Å². The van der Waals surface area contributed by atoms with Crippen LogP contribution in [-0.4, -0.2) is 6.29 Å². The average Bonchev–Trinajstić information content (AvgIpc) is 2.28. The van der Waals surface area contributed by atoms with Gasteiger partial charge in [-0.3, -0.25) is 0 Å². The second-order valence-electron chi connectivity index (χ2n) is 4.55. The lowest BCUT2D eigenvalue weighted by Crippen LogP contribution is -2.18. The van der Waals surface area contributed by atoms with E-state index in [4.69, 9.17) is 0 Å². The van der Waals surface area contributed by atoms with Gasteiger partial charge in [0.25, 0.3) is 0 Å². The van der Waals surface area contributed by atoms with E-state index in [1.54, 1.807) is 6.07 Å². The summed E-state index contributed by atoms with van der Waals surface area (Å²) in [6.45, 7) is 3.70. The van der Waals surface area contributed by atoms with Gasteiger partial charge in [0.1, 0.15) is 12.1 Å². The van der Waals surface area contributed by atoms with Gasteiger partial charge in [-0.05, 0) is 42.3 Å². The SMILES string of the molecule is CC(C)(C=O)c1ccc2ccc(F)cc2c1. The third-order valence-corrected chi connectivity index (χ3v) is 2.84. The maximum atomic E-state index is 13.1. The van der Waals surface area contributed by atoms with Crippen LogP contribution in [0.2, 0.25) is 0 Å². The second-order valence-corrected chi connectivity index (χ2v) is 4.55. The van der Waals surface area contributed by atoms with Gasteiger partial charge in [0, 0.05) is 5.41 Å². The lowest BCUT2D eigenvalue weighted by Gasteiger charge is -2.17. The van der Waals surface area contributed by atoms with E-state index in [1.807, 2.05) is 32.0 Å². The number of aldehydes is 1. The molecule has 2 rings (SSSR count). The van der Waals surface area contributed by atoms with Crippen molar-refractivity contribution in [1.29, 1.82) is 0 Å². The Morgan fingerprint density at radius 1 is 1.06 bits per heavy atom. The number of rotatable bonds is 2. The van der Waals surface area contributed by atoms with Gasteiger partial charge in [0.15, 0.2) is 0 Å². The summed E-state index contributed by atoms with van der Waals surface area (Å²) in [6, 6.07) is 10.4. The molecule has 0 aliphatic rings. The number of carbonyl (C=O) groups excluding carboxylic acids is 1. The first kappa shape index (κ1) is 10.8. The van der Waals surface area contributed by atoms with Gasteiger partial charge < -0.3 is 4.79 Å². The Labute approximate surface area is 93.9 Å². The van der Waals surface area contributed by atoms with Crippen molar-refractivity contribution in [2.24, 2.45) is 0 Å². The van der Waals surface area contributed by atoms with E-state index < -0.39 is 5.41 Å². The van der Waals surface area contributed by atoms with Crippen LogP contribution in [0.4, 0.5) is 4.39 Å². The Hall–Kier alpha value is -1.70. The molecule has 0 heterocycles. The first-order valence-corrected chi connectivity index (χ1v) is 5.19. The van der Waals surface area contributed by atoms with Gasteiger partial charge in [-0.1, -0.05) is 24.3 Å². The normalized spacial score (nSPS) is 11.7. The lowest BCUT2D eigenvalue weighted by atomic mass is 9.85. The highest BCUT2D eigenvalue weighted by Gasteiger charge is 2.19. The molecule has 0 atom stereocenters. The molecule has 0 aliphatic carbocycles. The van der Waals surface area contributed by atoms with Crippen LogP contribution in [0.25, 0.3) is 10.8 Å². The quantitative estimate of drug-likeness (QED) is 0.702. The molecular weight excluding hydrogens is 203 g/mol. The molecule has 1 nitrogen and oxygen atoms in total. The predicted octanol–water partition coefficient (Wildman–Crippen LogP) is 3.46. The fourth-order valence-corrected chi connectivity index (χ4v) is 1.69. The predicted molar refractivity (Wildman–Crippen MR) is 63.0 cm³/mol. The molecule has 0 unspecified atom stereocenters. The van der Waals surface area contributed by atoms with Crippen molar-refractivity contribution in [3.8, 4) is 0 Å². The summed E-state index contributed by atoms with van der Waals surface area (Å²) < 4.78 is 13.1. The molecule has 82 valence electrons. The molecule has 2 aromatic carbocycles. The largest absolute Gasteiger partial charge is 0.302 e. The topological polar surface area (TPSA) is 17.1 Å². The molecule has 0 bridgehead atoms. The summed E-state index contributed by atoms with van der Waals surface area (Å²) in [5.41, 5.74) is 0.376. The summed E-state index contributed by atoms with van der Waals surface area (Å²) in [4.78, 5) is 11.0.